The Kier molecular flexibility index (Phi) is 6.40. The number of terminal acetylenes is 1. The van der Waals surface area contributed by atoms with Gasteiger partial charge in [0, 0.05) is 47.0 Å². The summed E-state index contributed by atoms with van der Waals surface area (Å²) in [5.41, 5.74) is 4.20. The van der Waals surface area contributed by atoms with Gasteiger partial charge >= 0.3 is 6.09 Å². The molecule has 0 spiro atoms. The zero-order valence-electron chi connectivity index (χ0n) is 19.1. The number of carbonyl (C=O) groups excluding carboxylic acids is 1. The van der Waals surface area contributed by atoms with Crippen LogP contribution in [0.15, 0.2) is 42.5 Å². The smallest absolute Gasteiger partial charge is 0.410 e. The predicted molar refractivity (Wildman–Crippen MR) is 133 cm³/mol. The fourth-order valence-electron chi connectivity index (χ4n) is 5.21. The zero-order chi connectivity index (χ0) is 23.7. The van der Waals surface area contributed by atoms with Gasteiger partial charge in [-0.1, -0.05) is 23.7 Å². The first-order valence-electron chi connectivity index (χ1n) is 11.7. The van der Waals surface area contributed by atoms with E-state index in [1.54, 1.807) is 4.90 Å². The average Bonchev–Trinajstić information content (AvgIpc) is 3.22. The number of benzene rings is 2. The van der Waals surface area contributed by atoms with E-state index in [9.17, 15) is 4.79 Å². The Morgan fingerprint density at radius 2 is 2.09 bits per heavy atom. The number of aromatic amines is 1. The molecule has 1 amide bonds. The fourth-order valence-corrected chi connectivity index (χ4v) is 5.39. The van der Waals surface area contributed by atoms with E-state index in [4.69, 9.17) is 27.5 Å². The number of halogens is 1. The summed E-state index contributed by atoms with van der Waals surface area (Å²) in [7, 11) is 1.42. The van der Waals surface area contributed by atoms with E-state index in [1.807, 2.05) is 42.5 Å². The summed E-state index contributed by atoms with van der Waals surface area (Å²) in [4.78, 5) is 18.0. The van der Waals surface area contributed by atoms with Crippen LogP contribution in [0.4, 0.5) is 4.79 Å². The molecule has 1 saturated heterocycles. The van der Waals surface area contributed by atoms with Crippen molar-refractivity contribution in [2.24, 2.45) is 0 Å². The molecule has 3 heterocycles. The number of aromatic nitrogens is 1. The van der Waals surface area contributed by atoms with Crippen molar-refractivity contribution in [3.63, 3.8) is 0 Å². The molecule has 1 aromatic heterocycles. The van der Waals surface area contributed by atoms with Gasteiger partial charge in [-0.05, 0) is 60.8 Å². The standard InChI is InChI=1S/C27H28ClN3O3/c1-3-4-19-16-21(11-13-29-19)34-20-8-5-17(6-9-20)26-25-22(12-14-31(26)27(32)33-2)23-15-18(28)7-10-24(23)30-25/h1,5-10,15,19,21,26,29-30H,4,11-14,16H2,2H3/t19?,21?,26-/m0/s1. The van der Waals surface area contributed by atoms with Crippen LogP contribution in [0, 0.1) is 12.3 Å². The number of methoxy groups -OCH3 is 1. The van der Waals surface area contributed by atoms with E-state index in [0.717, 1.165) is 53.7 Å². The summed E-state index contributed by atoms with van der Waals surface area (Å²) in [6.45, 7) is 1.46. The Bertz CT molecular complexity index is 1230. The number of nitrogens with zero attached hydrogens (tertiary/aromatic N) is 1. The fraction of sp³-hybridized carbons (Fsp3) is 0.370. The van der Waals surface area contributed by atoms with Gasteiger partial charge in [-0.2, -0.15) is 0 Å². The number of rotatable bonds is 4. The van der Waals surface area contributed by atoms with E-state index in [1.165, 1.54) is 12.7 Å². The lowest BCUT2D eigenvalue weighted by molar-refractivity contribution is 0.108. The minimum Gasteiger partial charge on any atom is -0.490 e. The molecule has 2 aliphatic rings. The summed E-state index contributed by atoms with van der Waals surface area (Å²) >= 11 is 6.27. The third-order valence-electron chi connectivity index (χ3n) is 6.81. The number of H-pyrrole nitrogens is 1. The number of carbonyl (C=O) groups is 1. The minimum absolute atomic E-state index is 0.136. The number of ether oxygens (including phenoxy) is 2. The van der Waals surface area contributed by atoms with Gasteiger partial charge in [-0.3, -0.25) is 4.90 Å². The Morgan fingerprint density at radius 3 is 2.85 bits per heavy atom. The molecular weight excluding hydrogens is 450 g/mol. The highest BCUT2D eigenvalue weighted by molar-refractivity contribution is 6.31. The Morgan fingerprint density at radius 1 is 1.26 bits per heavy atom. The Balaban J connectivity index is 1.43. The van der Waals surface area contributed by atoms with Gasteiger partial charge in [-0.25, -0.2) is 4.79 Å². The molecule has 6 nitrogen and oxygen atoms in total. The van der Waals surface area contributed by atoms with Gasteiger partial charge in [-0.15, -0.1) is 12.3 Å². The van der Waals surface area contributed by atoms with Crippen LogP contribution >= 0.6 is 11.6 Å². The quantitative estimate of drug-likeness (QED) is 0.515. The van der Waals surface area contributed by atoms with Crippen molar-refractivity contribution in [1.82, 2.24) is 15.2 Å². The van der Waals surface area contributed by atoms with Crippen LogP contribution in [0.25, 0.3) is 10.9 Å². The van der Waals surface area contributed by atoms with Crippen LogP contribution in [0.2, 0.25) is 5.02 Å². The van der Waals surface area contributed by atoms with Crippen molar-refractivity contribution in [3.05, 3.63) is 64.3 Å². The van der Waals surface area contributed by atoms with Gasteiger partial charge in [0.2, 0.25) is 0 Å². The van der Waals surface area contributed by atoms with Gasteiger partial charge in [0.15, 0.2) is 0 Å². The van der Waals surface area contributed by atoms with Crippen molar-refractivity contribution in [2.45, 2.75) is 43.9 Å². The maximum atomic E-state index is 12.7. The van der Waals surface area contributed by atoms with E-state index in [-0.39, 0.29) is 18.2 Å². The van der Waals surface area contributed by atoms with Crippen molar-refractivity contribution in [2.75, 3.05) is 20.2 Å². The molecule has 7 heteroatoms. The van der Waals surface area contributed by atoms with Crippen molar-refractivity contribution in [1.29, 1.82) is 0 Å². The van der Waals surface area contributed by atoms with Gasteiger partial charge in [0.05, 0.1) is 7.11 Å². The first-order chi connectivity index (χ1) is 16.6. The second-order valence-corrected chi connectivity index (χ2v) is 9.35. The lowest BCUT2D eigenvalue weighted by atomic mass is 9.92. The molecule has 0 aliphatic carbocycles. The molecule has 176 valence electrons. The highest BCUT2D eigenvalue weighted by Gasteiger charge is 2.35. The first kappa shape index (κ1) is 22.6. The summed E-state index contributed by atoms with van der Waals surface area (Å²) in [5.74, 6) is 3.55. The number of hydrogen-bond acceptors (Lipinski definition) is 4. The lowest BCUT2D eigenvalue weighted by Gasteiger charge is -2.35. The second kappa shape index (κ2) is 9.61. The molecule has 34 heavy (non-hydrogen) atoms. The van der Waals surface area contributed by atoms with E-state index < -0.39 is 0 Å². The van der Waals surface area contributed by atoms with Crippen LogP contribution in [0.5, 0.6) is 5.75 Å². The zero-order valence-corrected chi connectivity index (χ0v) is 19.9. The van der Waals surface area contributed by atoms with Crippen LogP contribution < -0.4 is 10.1 Å². The molecule has 1 fully saturated rings. The van der Waals surface area contributed by atoms with Crippen molar-refractivity contribution >= 4 is 28.6 Å². The highest BCUT2D eigenvalue weighted by atomic mass is 35.5. The SMILES string of the molecule is C#CCC1CC(Oc2ccc([C@H]3c4[nH]c5ccc(Cl)cc5c4CCN3C(=O)OC)cc2)CCN1. The van der Waals surface area contributed by atoms with Crippen molar-refractivity contribution < 1.29 is 14.3 Å². The van der Waals surface area contributed by atoms with E-state index in [2.05, 4.69) is 16.2 Å². The number of hydrogen-bond donors (Lipinski definition) is 2. The molecule has 2 unspecified atom stereocenters. The van der Waals surface area contributed by atoms with Gasteiger partial charge in [0.25, 0.3) is 0 Å². The molecule has 0 radical (unpaired) electrons. The monoisotopic (exact) mass is 477 g/mol. The summed E-state index contributed by atoms with van der Waals surface area (Å²) in [6.07, 6.45) is 8.55. The largest absolute Gasteiger partial charge is 0.490 e. The third-order valence-corrected chi connectivity index (χ3v) is 7.04. The van der Waals surface area contributed by atoms with Crippen molar-refractivity contribution in [3.8, 4) is 18.1 Å². The average molecular weight is 478 g/mol. The van der Waals surface area contributed by atoms with Gasteiger partial charge < -0.3 is 19.8 Å². The maximum Gasteiger partial charge on any atom is 0.410 e. The number of nitrogens with one attached hydrogen (secondary N) is 2. The molecule has 3 aromatic rings. The predicted octanol–water partition coefficient (Wildman–Crippen LogP) is 5.06. The maximum absolute atomic E-state index is 12.7. The van der Waals surface area contributed by atoms with E-state index in [0.29, 0.717) is 24.0 Å². The molecule has 2 aromatic carbocycles. The first-order valence-corrected chi connectivity index (χ1v) is 12.0. The molecule has 0 bridgehead atoms. The van der Waals surface area contributed by atoms with Crippen LogP contribution in [-0.2, 0) is 11.2 Å². The topological polar surface area (TPSA) is 66.6 Å². The Labute approximate surface area is 204 Å². The summed E-state index contributed by atoms with van der Waals surface area (Å²) in [6, 6.07) is 13.9. The number of piperidine rings is 1. The highest BCUT2D eigenvalue weighted by Crippen LogP contribution is 2.39. The van der Waals surface area contributed by atoms with Crippen LogP contribution in [-0.4, -0.2) is 48.3 Å². The number of amides is 1. The normalized spacial score (nSPS) is 22.1. The molecule has 2 N–H and O–H groups in total. The summed E-state index contributed by atoms with van der Waals surface area (Å²) in [5, 5.41) is 5.25. The van der Waals surface area contributed by atoms with Crippen LogP contribution in [0.3, 0.4) is 0 Å². The van der Waals surface area contributed by atoms with Crippen LogP contribution in [0.1, 0.15) is 42.1 Å². The van der Waals surface area contributed by atoms with Gasteiger partial charge in [0.1, 0.15) is 17.9 Å². The molecule has 5 rings (SSSR count). The number of fused-ring (bicyclic) bond motifs is 3. The Hall–Kier alpha value is -3.14. The third kappa shape index (κ3) is 4.34. The minimum atomic E-state index is -0.345. The molecule has 2 aliphatic heterocycles. The molecule has 0 saturated carbocycles. The second-order valence-electron chi connectivity index (χ2n) is 8.92. The molecule has 3 atom stereocenters. The molecular formula is C27H28ClN3O3. The lowest BCUT2D eigenvalue weighted by Crippen LogP contribution is -2.42. The summed E-state index contributed by atoms with van der Waals surface area (Å²) < 4.78 is 11.4. The van der Waals surface area contributed by atoms with E-state index >= 15 is 0 Å².